The molecule has 3 aliphatic rings. The second-order valence-electron chi connectivity index (χ2n) is 7.81. The quantitative estimate of drug-likeness (QED) is 0.873. The number of carbonyl (C=O) groups is 1. The summed E-state index contributed by atoms with van der Waals surface area (Å²) in [6.45, 7) is 5.06. The molecule has 2 unspecified atom stereocenters. The van der Waals surface area contributed by atoms with Crippen LogP contribution in [0.4, 0.5) is 0 Å². The number of hydrogen-bond donors (Lipinski definition) is 1. The Morgan fingerprint density at radius 1 is 1.21 bits per heavy atom. The number of carbonyl (C=O) groups excluding carboxylic acids is 1. The molecule has 0 spiro atoms. The molecule has 7 nitrogen and oxygen atoms in total. The number of hydrogen-bond acceptors (Lipinski definition) is 5. The molecule has 1 aromatic carbocycles. The summed E-state index contributed by atoms with van der Waals surface area (Å²) in [5.74, 6) is 1.60. The smallest absolute Gasteiger partial charge is 0.263 e. The number of ether oxygens (including phenoxy) is 1. The van der Waals surface area contributed by atoms with Crippen LogP contribution >= 0.6 is 0 Å². The lowest BCUT2D eigenvalue weighted by atomic mass is 9.94. The Morgan fingerprint density at radius 2 is 2.00 bits per heavy atom. The van der Waals surface area contributed by atoms with E-state index < -0.39 is 0 Å². The zero-order chi connectivity index (χ0) is 19.7. The van der Waals surface area contributed by atoms with Crippen molar-refractivity contribution >= 4 is 5.91 Å². The zero-order valence-corrected chi connectivity index (χ0v) is 16.4. The Morgan fingerprint density at radius 3 is 2.71 bits per heavy atom. The van der Waals surface area contributed by atoms with Crippen LogP contribution in [0.3, 0.4) is 0 Å². The summed E-state index contributed by atoms with van der Waals surface area (Å²) < 4.78 is 5.23. The fourth-order valence-corrected chi connectivity index (χ4v) is 4.34. The van der Waals surface area contributed by atoms with Crippen LogP contribution in [0.25, 0.3) is 0 Å². The molecule has 0 radical (unpaired) electrons. The molecule has 2 aromatic rings. The van der Waals surface area contributed by atoms with Crippen molar-refractivity contribution in [1.29, 1.82) is 0 Å². The van der Waals surface area contributed by atoms with Crippen molar-refractivity contribution < 1.29 is 9.53 Å². The maximum Gasteiger partial charge on any atom is 0.263 e. The van der Waals surface area contributed by atoms with Crippen LogP contribution in [0.2, 0.25) is 0 Å². The number of benzene rings is 1. The summed E-state index contributed by atoms with van der Waals surface area (Å²) in [6, 6.07) is 8.27. The molecule has 5 rings (SSSR count). The molecule has 0 aliphatic carbocycles. The number of H-pyrrole nitrogens is 1. The average molecular weight is 382 g/mol. The molecule has 7 heteroatoms. The second kappa shape index (κ2) is 7.75. The maximum absolute atomic E-state index is 13.0. The van der Waals surface area contributed by atoms with Gasteiger partial charge in [0.1, 0.15) is 17.1 Å². The molecular formula is C21H26N4O3. The lowest BCUT2D eigenvalue weighted by Gasteiger charge is -2.36. The number of nitrogens with one attached hydrogen (secondary N) is 1. The van der Waals surface area contributed by atoms with Crippen molar-refractivity contribution in [2.24, 2.45) is 5.92 Å². The van der Waals surface area contributed by atoms with Crippen LogP contribution < -0.4 is 10.3 Å². The van der Waals surface area contributed by atoms with Crippen LogP contribution in [0.1, 0.15) is 34.6 Å². The first kappa shape index (κ1) is 18.7. The van der Waals surface area contributed by atoms with E-state index in [4.69, 9.17) is 4.74 Å². The first-order valence-electron chi connectivity index (χ1n) is 9.75. The number of methoxy groups -OCH3 is 1. The van der Waals surface area contributed by atoms with Gasteiger partial charge in [-0.15, -0.1) is 0 Å². The van der Waals surface area contributed by atoms with E-state index >= 15 is 0 Å². The van der Waals surface area contributed by atoms with Crippen LogP contribution in [-0.4, -0.2) is 58.5 Å². The number of aromatic amines is 1. The molecule has 3 fully saturated rings. The van der Waals surface area contributed by atoms with Crippen molar-refractivity contribution in [1.82, 2.24) is 19.8 Å². The SMILES string of the molecule is COc1ccc(CN2CC3CCC(C2)N(C(=O)c2cnc(C)[nH]c2=O)C3)cc1. The topological polar surface area (TPSA) is 78.5 Å². The lowest BCUT2D eigenvalue weighted by molar-refractivity contribution is 0.0582. The van der Waals surface area contributed by atoms with E-state index in [1.54, 1.807) is 14.0 Å². The van der Waals surface area contributed by atoms with Gasteiger partial charge in [-0.05, 0) is 43.4 Å². The van der Waals surface area contributed by atoms with E-state index in [2.05, 4.69) is 27.0 Å². The number of fused-ring (bicyclic) bond motifs is 4. The summed E-state index contributed by atoms with van der Waals surface area (Å²) in [5, 5.41) is 0. The third kappa shape index (κ3) is 3.80. The third-order valence-corrected chi connectivity index (χ3v) is 5.77. The minimum atomic E-state index is -0.354. The number of aromatic nitrogens is 2. The van der Waals surface area contributed by atoms with Gasteiger partial charge in [0.2, 0.25) is 0 Å². The van der Waals surface area contributed by atoms with Crippen LogP contribution in [0, 0.1) is 12.8 Å². The summed E-state index contributed by atoms with van der Waals surface area (Å²) in [4.78, 5) is 36.3. The van der Waals surface area contributed by atoms with Gasteiger partial charge >= 0.3 is 0 Å². The summed E-state index contributed by atoms with van der Waals surface area (Å²) >= 11 is 0. The first-order chi connectivity index (χ1) is 13.5. The van der Waals surface area contributed by atoms with Gasteiger partial charge in [0.15, 0.2) is 0 Å². The van der Waals surface area contributed by atoms with Crippen molar-refractivity contribution in [2.75, 3.05) is 26.7 Å². The van der Waals surface area contributed by atoms with Crippen molar-refractivity contribution in [2.45, 2.75) is 32.4 Å². The van der Waals surface area contributed by atoms with Gasteiger partial charge in [0, 0.05) is 38.4 Å². The van der Waals surface area contributed by atoms with Crippen LogP contribution in [-0.2, 0) is 6.54 Å². The monoisotopic (exact) mass is 382 g/mol. The summed E-state index contributed by atoms with van der Waals surface area (Å²) in [6.07, 6.45) is 3.51. The van der Waals surface area contributed by atoms with E-state index in [-0.39, 0.29) is 23.1 Å². The minimum Gasteiger partial charge on any atom is -0.497 e. The molecule has 3 saturated heterocycles. The van der Waals surface area contributed by atoms with Gasteiger partial charge in [-0.2, -0.15) is 0 Å². The number of amides is 1. The Kier molecular flexibility index (Phi) is 5.17. The summed E-state index contributed by atoms with van der Waals surface area (Å²) in [7, 11) is 1.67. The lowest BCUT2D eigenvalue weighted by Crippen LogP contribution is -2.48. The second-order valence-corrected chi connectivity index (χ2v) is 7.81. The Labute approximate surface area is 164 Å². The van der Waals surface area contributed by atoms with Gasteiger partial charge in [0.05, 0.1) is 7.11 Å². The van der Waals surface area contributed by atoms with Gasteiger partial charge in [-0.3, -0.25) is 14.5 Å². The van der Waals surface area contributed by atoms with E-state index in [0.29, 0.717) is 18.3 Å². The highest BCUT2D eigenvalue weighted by atomic mass is 16.5. The normalized spacial score (nSPS) is 22.1. The zero-order valence-electron chi connectivity index (χ0n) is 16.4. The van der Waals surface area contributed by atoms with E-state index in [1.165, 1.54) is 11.8 Å². The van der Waals surface area contributed by atoms with E-state index in [0.717, 1.165) is 38.2 Å². The number of aryl methyl sites for hydroxylation is 1. The number of rotatable bonds is 4. The van der Waals surface area contributed by atoms with Gasteiger partial charge in [0.25, 0.3) is 11.5 Å². The highest BCUT2D eigenvalue weighted by Crippen LogP contribution is 2.29. The highest BCUT2D eigenvalue weighted by Gasteiger charge is 2.38. The number of nitrogens with zero attached hydrogens (tertiary/aromatic N) is 3. The fraction of sp³-hybridized carbons (Fsp3) is 0.476. The predicted molar refractivity (Wildman–Crippen MR) is 105 cm³/mol. The Hall–Kier alpha value is -2.67. The van der Waals surface area contributed by atoms with Crippen molar-refractivity contribution in [3.05, 3.63) is 57.8 Å². The largest absolute Gasteiger partial charge is 0.497 e. The van der Waals surface area contributed by atoms with E-state index in [1.807, 2.05) is 17.0 Å². The third-order valence-electron chi connectivity index (χ3n) is 5.77. The molecule has 28 heavy (non-hydrogen) atoms. The minimum absolute atomic E-state index is 0.130. The van der Waals surface area contributed by atoms with Crippen LogP contribution in [0.5, 0.6) is 5.75 Å². The highest BCUT2D eigenvalue weighted by molar-refractivity contribution is 5.93. The molecule has 1 amide bonds. The van der Waals surface area contributed by atoms with E-state index in [9.17, 15) is 9.59 Å². The van der Waals surface area contributed by atoms with Crippen molar-refractivity contribution in [3.8, 4) is 5.75 Å². The standard InChI is InChI=1S/C21H26N4O3/c1-14-22-9-19(20(26)23-14)21(27)25-12-16-3-6-17(25)13-24(11-16)10-15-4-7-18(28-2)8-5-15/h4-5,7-9,16-17H,3,6,10-13H2,1-2H3,(H,22,23,26). The first-order valence-corrected chi connectivity index (χ1v) is 9.75. The predicted octanol–water partition coefficient (Wildman–Crippen LogP) is 1.82. The average Bonchev–Trinajstić information content (AvgIpc) is 2.99. The molecule has 4 heterocycles. The molecule has 2 atom stereocenters. The molecule has 1 aromatic heterocycles. The van der Waals surface area contributed by atoms with Gasteiger partial charge < -0.3 is 14.6 Å². The van der Waals surface area contributed by atoms with Gasteiger partial charge in [-0.1, -0.05) is 12.1 Å². The molecule has 0 saturated carbocycles. The molecule has 1 N–H and O–H groups in total. The Bertz CT molecular complexity index is 909. The molecule has 3 aliphatic heterocycles. The van der Waals surface area contributed by atoms with Gasteiger partial charge in [-0.25, -0.2) is 4.98 Å². The Balaban J connectivity index is 1.49. The van der Waals surface area contributed by atoms with Crippen LogP contribution in [0.15, 0.2) is 35.3 Å². The number of piperidine rings is 1. The molecular weight excluding hydrogens is 356 g/mol. The molecule has 2 bridgehead atoms. The van der Waals surface area contributed by atoms with Crippen molar-refractivity contribution in [3.63, 3.8) is 0 Å². The summed E-state index contributed by atoms with van der Waals surface area (Å²) in [5.41, 5.74) is 1.02. The fourth-order valence-electron chi connectivity index (χ4n) is 4.34. The maximum atomic E-state index is 13.0. The molecule has 148 valence electrons.